The minimum Gasteiger partial charge on any atom is -0.489 e. The molecule has 4 aromatic rings. The second-order valence-electron chi connectivity index (χ2n) is 7.79. The van der Waals surface area contributed by atoms with Crippen LogP contribution in [0.5, 0.6) is 5.75 Å². The monoisotopic (exact) mass is 473 g/mol. The number of rotatable bonds is 8. The van der Waals surface area contributed by atoms with Gasteiger partial charge in [-0.1, -0.05) is 48.0 Å². The van der Waals surface area contributed by atoms with E-state index in [1.54, 1.807) is 12.3 Å². The number of ether oxygens (including phenoxy) is 1. The number of aromatic nitrogens is 2. The van der Waals surface area contributed by atoms with Crippen LogP contribution in [0.4, 0.5) is 5.69 Å². The van der Waals surface area contributed by atoms with Gasteiger partial charge in [-0.25, -0.2) is 5.43 Å². The highest BCUT2D eigenvalue weighted by molar-refractivity contribution is 6.30. The fourth-order valence-corrected chi connectivity index (χ4v) is 3.29. The fraction of sp³-hybridized carbons (Fsp3) is 0.115. The third-order valence-corrected chi connectivity index (χ3v) is 5.31. The average Bonchev–Trinajstić information content (AvgIpc) is 3.35. The zero-order valence-electron chi connectivity index (χ0n) is 18.8. The first-order valence-corrected chi connectivity index (χ1v) is 11.0. The van der Waals surface area contributed by atoms with Gasteiger partial charge in [-0.3, -0.25) is 9.89 Å². The molecule has 0 saturated carbocycles. The Kier molecular flexibility index (Phi) is 7.25. The zero-order valence-corrected chi connectivity index (χ0v) is 19.6. The number of nitrogens with zero attached hydrogens (tertiary/aromatic N) is 3. The molecule has 1 heterocycles. The maximum Gasteiger partial charge on any atom is 0.289 e. The number of H-pyrrole nitrogens is 1. The summed E-state index contributed by atoms with van der Waals surface area (Å²) >= 11 is 5.92. The first kappa shape index (κ1) is 23.1. The molecule has 3 aromatic carbocycles. The molecule has 0 saturated heterocycles. The van der Waals surface area contributed by atoms with Crippen LogP contribution in [0.2, 0.25) is 5.02 Å². The fourth-order valence-electron chi connectivity index (χ4n) is 3.16. The van der Waals surface area contributed by atoms with Gasteiger partial charge in [0.25, 0.3) is 5.91 Å². The molecule has 1 aromatic heterocycles. The first-order valence-electron chi connectivity index (χ1n) is 10.6. The van der Waals surface area contributed by atoms with Crippen molar-refractivity contribution in [2.75, 3.05) is 19.0 Å². The lowest BCUT2D eigenvalue weighted by Gasteiger charge is -2.11. The van der Waals surface area contributed by atoms with Gasteiger partial charge in [-0.2, -0.15) is 10.2 Å². The number of aromatic amines is 1. The summed E-state index contributed by atoms with van der Waals surface area (Å²) in [5.41, 5.74) is 7.27. The van der Waals surface area contributed by atoms with Crippen molar-refractivity contribution in [3.63, 3.8) is 0 Å². The number of nitrogens with one attached hydrogen (secondary N) is 2. The summed E-state index contributed by atoms with van der Waals surface area (Å²) in [5.74, 6) is 0.321. The molecule has 0 atom stereocenters. The second kappa shape index (κ2) is 10.7. The van der Waals surface area contributed by atoms with Gasteiger partial charge in [0.05, 0.1) is 11.9 Å². The van der Waals surface area contributed by atoms with E-state index in [1.165, 1.54) is 0 Å². The highest BCUT2D eigenvalue weighted by Gasteiger charge is 2.11. The Hall–Kier alpha value is -4.10. The summed E-state index contributed by atoms with van der Waals surface area (Å²) < 4.78 is 5.88. The Labute approximate surface area is 203 Å². The maximum atomic E-state index is 12.4. The summed E-state index contributed by atoms with van der Waals surface area (Å²) in [4.78, 5) is 14.5. The van der Waals surface area contributed by atoms with Gasteiger partial charge in [0, 0.05) is 30.4 Å². The third kappa shape index (κ3) is 6.02. The molecule has 172 valence electrons. The minimum absolute atomic E-state index is 0.308. The number of benzene rings is 3. The van der Waals surface area contributed by atoms with Crippen LogP contribution in [-0.4, -0.2) is 36.4 Å². The van der Waals surface area contributed by atoms with Crippen LogP contribution in [-0.2, 0) is 6.61 Å². The van der Waals surface area contributed by atoms with E-state index in [-0.39, 0.29) is 5.91 Å². The summed E-state index contributed by atoms with van der Waals surface area (Å²) in [6.45, 7) is 0.421. The number of carbonyl (C=O) groups excluding carboxylic acids is 1. The lowest BCUT2D eigenvalue weighted by atomic mass is 10.1. The molecule has 34 heavy (non-hydrogen) atoms. The van der Waals surface area contributed by atoms with Crippen molar-refractivity contribution in [3.05, 3.63) is 101 Å². The van der Waals surface area contributed by atoms with Crippen LogP contribution < -0.4 is 15.1 Å². The molecule has 4 rings (SSSR count). The normalized spacial score (nSPS) is 10.9. The molecule has 7 nitrogen and oxygen atoms in total. The molecule has 0 aliphatic carbocycles. The van der Waals surface area contributed by atoms with Gasteiger partial charge >= 0.3 is 0 Å². The van der Waals surface area contributed by atoms with Crippen LogP contribution >= 0.6 is 11.6 Å². The molecule has 0 fully saturated rings. The molecule has 0 spiro atoms. The SMILES string of the molecule is CN(C)c1ccc(/C=N/NC(=O)c2cc(-c3cccc(OCc4ccc(Cl)cc4)c3)n[nH]2)cc1. The number of hydrazone groups is 1. The van der Waals surface area contributed by atoms with E-state index in [1.807, 2.05) is 91.8 Å². The number of carbonyl (C=O) groups is 1. The summed E-state index contributed by atoms with van der Waals surface area (Å²) in [6, 6.07) is 24.6. The molecule has 2 N–H and O–H groups in total. The van der Waals surface area contributed by atoms with Gasteiger partial charge < -0.3 is 9.64 Å². The van der Waals surface area contributed by atoms with Gasteiger partial charge in [-0.15, -0.1) is 0 Å². The highest BCUT2D eigenvalue weighted by atomic mass is 35.5. The standard InChI is InChI=1S/C26H24ClN5O2/c1-32(2)22-12-8-18(9-13-22)16-28-31-26(33)25-15-24(29-30-25)20-4-3-5-23(14-20)34-17-19-6-10-21(27)11-7-19/h3-16H,17H2,1-2H3,(H,29,30)(H,31,33)/b28-16+. The minimum atomic E-state index is -0.380. The van der Waals surface area contributed by atoms with Crippen LogP contribution in [0.25, 0.3) is 11.3 Å². The topological polar surface area (TPSA) is 82.6 Å². The van der Waals surface area contributed by atoms with Crippen molar-refractivity contribution in [1.82, 2.24) is 15.6 Å². The largest absolute Gasteiger partial charge is 0.489 e. The van der Waals surface area contributed by atoms with Crippen LogP contribution in [0.1, 0.15) is 21.6 Å². The molecule has 0 unspecified atom stereocenters. The third-order valence-electron chi connectivity index (χ3n) is 5.06. The summed E-state index contributed by atoms with van der Waals surface area (Å²) in [5, 5.41) is 11.7. The molecule has 8 heteroatoms. The van der Waals surface area contributed by atoms with Gasteiger partial charge in [0.1, 0.15) is 18.1 Å². The van der Waals surface area contributed by atoms with E-state index in [4.69, 9.17) is 16.3 Å². The quantitative estimate of drug-likeness (QED) is 0.274. The number of hydrogen-bond donors (Lipinski definition) is 2. The first-order chi connectivity index (χ1) is 16.5. The number of halogens is 1. The van der Waals surface area contributed by atoms with Crippen molar-refractivity contribution in [2.24, 2.45) is 5.10 Å². The maximum absolute atomic E-state index is 12.4. The highest BCUT2D eigenvalue weighted by Crippen LogP contribution is 2.24. The van der Waals surface area contributed by atoms with Gasteiger partial charge in [-0.05, 0) is 53.6 Å². The summed E-state index contributed by atoms with van der Waals surface area (Å²) in [6.07, 6.45) is 1.59. The molecule has 0 radical (unpaired) electrons. The smallest absolute Gasteiger partial charge is 0.289 e. The van der Waals surface area contributed by atoms with Crippen molar-refractivity contribution in [3.8, 4) is 17.0 Å². The predicted octanol–water partition coefficient (Wildman–Crippen LogP) is 5.14. The van der Waals surface area contributed by atoms with Crippen molar-refractivity contribution in [2.45, 2.75) is 6.61 Å². The Morgan fingerprint density at radius 1 is 1.09 bits per heavy atom. The van der Waals surface area contributed by atoms with Crippen molar-refractivity contribution >= 4 is 29.4 Å². The lowest BCUT2D eigenvalue weighted by molar-refractivity contribution is 0.0950. The van der Waals surface area contributed by atoms with Crippen LogP contribution in [0.3, 0.4) is 0 Å². The predicted molar refractivity (Wildman–Crippen MR) is 136 cm³/mol. The Morgan fingerprint density at radius 3 is 2.59 bits per heavy atom. The Morgan fingerprint density at radius 2 is 1.85 bits per heavy atom. The van der Waals surface area contributed by atoms with E-state index >= 15 is 0 Å². The van der Waals surface area contributed by atoms with Crippen LogP contribution in [0, 0.1) is 0 Å². The van der Waals surface area contributed by atoms with E-state index < -0.39 is 0 Å². The van der Waals surface area contributed by atoms with Crippen molar-refractivity contribution < 1.29 is 9.53 Å². The molecular weight excluding hydrogens is 450 g/mol. The number of amides is 1. The molecule has 1 amide bonds. The molecule has 0 aliphatic heterocycles. The van der Waals surface area contributed by atoms with E-state index in [0.717, 1.165) is 22.4 Å². The molecule has 0 aliphatic rings. The average molecular weight is 474 g/mol. The Bertz CT molecular complexity index is 1280. The number of anilines is 1. The second-order valence-corrected chi connectivity index (χ2v) is 8.23. The molecular formula is C26H24ClN5O2. The zero-order chi connectivity index (χ0) is 23.9. The lowest BCUT2D eigenvalue weighted by Crippen LogP contribution is -2.18. The van der Waals surface area contributed by atoms with E-state index in [2.05, 4.69) is 20.7 Å². The van der Waals surface area contributed by atoms with E-state index in [9.17, 15) is 4.79 Å². The van der Waals surface area contributed by atoms with E-state index in [0.29, 0.717) is 28.8 Å². The Balaban J connectivity index is 1.36. The summed E-state index contributed by atoms with van der Waals surface area (Å²) in [7, 11) is 3.96. The van der Waals surface area contributed by atoms with Gasteiger partial charge in [0.2, 0.25) is 0 Å². The number of hydrogen-bond acceptors (Lipinski definition) is 5. The molecule has 0 bridgehead atoms. The van der Waals surface area contributed by atoms with Gasteiger partial charge in [0.15, 0.2) is 0 Å². The van der Waals surface area contributed by atoms with Crippen molar-refractivity contribution in [1.29, 1.82) is 0 Å². The van der Waals surface area contributed by atoms with Crippen LogP contribution in [0.15, 0.2) is 84.0 Å².